The van der Waals surface area contributed by atoms with Gasteiger partial charge in [-0.05, 0) is 48.0 Å². The summed E-state index contributed by atoms with van der Waals surface area (Å²) in [5.74, 6) is 1.33. The molecule has 0 atom stereocenters. The summed E-state index contributed by atoms with van der Waals surface area (Å²) < 4.78 is 17.4. The maximum Gasteiger partial charge on any atom is 0.262 e. The summed E-state index contributed by atoms with van der Waals surface area (Å²) in [6.07, 6.45) is 1.50. The third kappa shape index (κ3) is 5.67. The van der Waals surface area contributed by atoms with Gasteiger partial charge in [-0.2, -0.15) is 5.26 Å². The van der Waals surface area contributed by atoms with Crippen molar-refractivity contribution in [1.29, 1.82) is 5.26 Å². The molecule has 0 fully saturated rings. The summed E-state index contributed by atoms with van der Waals surface area (Å²) >= 11 is 9.64. The van der Waals surface area contributed by atoms with Crippen LogP contribution in [0.5, 0.6) is 17.2 Å². The van der Waals surface area contributed by atoms with Crippen LogP contribution in [0.4, 0.5) is 0 Å². The van der Waals surface area contributed by atoms with Gasteiger partial charge in [0.2, 0.25) is 6.79 Å². The zero-order valence-electron chi connectivity index (χ0n) is 17.3. The lowest BCUT2D eigenvalue weighted by Crippen LogP contribution is -2.23. The van der Waals surface area contributed by atoms with E-state index in [2.05, 4.69) is 21.2 Å². The van der Waals surface area contributed by atoms with E-state index in [0.29, 0.717) is 27.8 Å². The number of nitrogens with zero attached hydrogens (tertiary/aromatic N) is 1. The molecule has 1 amide bonds. The quantitative estimate of drug-likeness (QED) is 0.319. The van der Waals surface area contributed by atoms with Gasteiger partial charge in [-0.25, -0.2) is 0 Å². The van der Waals surface area contributed by atoms with Crippen molar-refractivity contribution in [3.63, 3.8) is 0 Å². The molecule has 0 aliphatic carbocycles. The first-order valence-electron chi connectivity index (χ1n) is 9.98. The van der Waals surface area contributed by atoms with E-state index in [4.69, 9.17) is 25.8 Å². The second kappa shape index (κ2) is 10.4. The number of hydrogen-bond acceptors (Lipinski definition) is 5. The highest BCUT2D eigenvalue weighted by atomic mass is 79.9. The van der Waals surface area contributed by atoms with Crippen LogP contribution in [0.2, 0.25) is 5.02 Å². The Balaban J connectivity index is 1.48. The van der Waals surface area contributed by atoms with Gasteiger partial charge in [-0.1, -0.05) is 51.8 Å². The Morgan fingerprint density at radius 2 is 1.97 bits per heavy atom. The Morgan fingerprint density at radius 1 is 1.15 bits per heavy atom. The van der Waals surface area contributed by atoms with Crippen LogP contribution in [0.25, 0.3) is 6.08 Å². The Kier molecular flexibility index (Phi) is 7.18. The summed E-state index contributed by atoms with van der Waals surface area (Å²) in [6.45, 7) is 0.670. The van der Waals surface area contributed by atoms with Crippen molar-refractivity contribution >= 4 is 39.5 Å². The van der Waals surface area contributed by atoms with Crippen molar-refractivity contribution in [2.75, 3.05) is 6.79 Å². The molecule has 1 aliphatic heterocycles. The molecule has 33 heavy (non-hydrogen) atoms. The predicted octanol–water partition coefficient (Wildman–Crippen LogP) is 5.63. The van der Waals surface area contributed by atoms with Gasteiger partial charge in [0.1, 0.15) is 24.0 Å². The van der Waals surface area contributed by atoms with Gasteiger partial charge in [-0.15, -0.1) is 0 Å². The average molecular weight is 526 g/mol. The fourth-order valence-electron chi connectivity index (χ4n) is 3.17. The Morgan fingerprint density at radius 3 is 2.79 bits per heavy atom. The fraction of sp³-hybridized carbons (Fsp3) is 0.120. The molecule has 1 aliphatic rings. The Hall–Kier alpha value is -3.47. The zero-order valence-corrected chi connectivity index (χ0v) is 19.7. The van der Waals surface area contributed by atoms with E-state index in [0.717, 1.165) is 15.6 Å². The highest BCUT2D eigenvalue weighted by Gasteiger charge is 2.15. The van der Waals surface area contributed by atoms with Gasteiger partial charge in [0.05, 0.1) is 0 Å². The first kappa shape index (κ1) is 22.7. The maximum atomic E-state index is 12.7. The minimum Gasteiger partial charge on any atom is -0.488 e. The molecule has 0 spiro atoms. The van der Waals surface area contributed by atoms with E-state index in [1.807, 2.05) is 36.4 Å². The largest absolute Gasteiger partial charge is 0.488 e. The van der Waals surface area contributed by atoms with Crippen molar-refractivity contribution < 1.29 is 19.0 Å². The lowest BCUT2D eigenvalue weighted by atomic mass is 10.1. The molecule has 3 aromatic rings. The van der Waals surface area contributed by atoms with Crippen LogP contribution in [0, 0.1) is 11.3 Å². The number of fused-ring (bicyclic) bond motifs is 1. The van der Waals surface area contributed by atoms with Crippen molar-refractivity contribution in [3.8, 4) is 23.3 Å². The molecule has 0 saturated heterocycles. The number of nitrogens with one attached hydrogen (secondary N) is 1. The second-order valence-corrected chi connectivity index (χ2v) is 8.43. The van der Waals surface area contributed by atoms with Crippen LogP contribution in [0.15, 0.2) is 70.7 Å². The van der Waals surface area contributed by atoms with Crippen molar-refractivity contribution in [3.05, 3.63) is 92.4 Å². The standard InChI is InChI=1S/C25H18BrClN2O4/c26-20-6-8-22(31-14-17-3-1-2-4-21(17)27)18(11-20)10-19(12-28)25(30)29-13-16-5-7-23-24(9-16)33-15-32-23/h1-11H,13-15H2,(H,29,30)/b19-10+. The second-order valence-electron chi connectivity index (χ2n) is 7.10. The monoisotopic (exact) mass is 524 g/mol. The summed E-state index contributed by atoms with van der Waals surface area (Å²) in [5.41, 5.74) is 2.21. The number of ether oxygens (including phenoxy) is 3. The van der Waals surface area contributed by atoms with Gasteiger partial charge in [-0.3, -0.25) is 4.79 Å². The average Bonchev–Trinajstić information content (AvgIpc) is 3.29. The number of carbonyl (C=O) groups excluding carboxylic acids is 1. The van der Waals surface area contributed by atoms with E-state index in [-0.39, 0.29) is 25.5 Å². The van der Waals surface area contributed by atoms with Gasteiger partial charge in [0.25, 0.3) is 5.91 Å². The molecule has 0 bridgehead atoms. The molecule has 1 heterocycles. The first-order chi connectivity index (χ1) is 16.0. The van der Waals surface area contributed by atoms with E-state index in [9.17, 15) is 10.1 Å². The topological polar surface area (TPSA) is 80.6 Å². The van der Waals surface area contributed by atoms with Crippen molar-refractivity contribution in [1.82, 2.24) is 5.32 Å². The molecule has 166 valence electrons. The molecule has 0 aromatic heterocycles. The highest BCUT2D eigenvalue weighted by molar-refractivity contribution is 9.10. The molecule has 8 heteroatoms. The molecule has 0 saturated carbocycles. The number of carbonyl (C=O) groups is 1. The van der Waals surface area contributed by atoms with Gasteiger partial charge in [0.15, 0.2) is 11.5 Å². The van der Waals surface area contributed by atoms with E-state index in [1.165, 1.54) is 6.08 Å². The first-order valence-corrected chi connectivity index (χ1v) is 11.1. The van der Waals surface area contributed by atoms with E-state index < -0.39 is 5.91 Å². The lowest BCUT2D eigenvalue weighted by molar-refractivity contribution is -0.117. The van der Waals surface area contributed by atoms with Gasteiger partial charge < -0.3 is 19.5 Å². The third-order valence-electron chi connectivity index (χ3n) is 4.87. The van der Waals surface area contributed by atoms with Crippen molar-refractivity contribution in [2.45, 2.75) is 13.2 Å². The number of benzene rings is 3. The summed E-state index contributed by atoms with van der Waals surface area (Å²) in [5, 5.41) is 13.0. The smallest absolute Gasteiger partial charge is 0.262 e. The normalized spacial score (nSPS) is 12.2. The van der Waals surface area contributed by atoms with E-state index >= 15 is 0 Å². The molecular weight excluding hydrogens is 508 g/mol. The number of amides is 1. The van der Waals surface area contributed by atoms with E-state index in [1.54, 1.807) is 30.3 Å². The predicted molar refractivity (Wildman–Crippen MR) is 128 cm³/mol. The van der Waals surface area contributed by atoms with Crippen LogP contribution >= 0.6 is 27.5 Å². The molecule has 6 nitrogen and oxygen atoms in total. The molecule has 1 N–H and O–H groups in total. The minimum atomic E-state index is -0.493. The van der Waals surface area contributed by atoms with Crippen LogP contribution in [0.1, 0.15) is 16.7 Å². The summed E-state index contributed by atoms with van der Waals surface area (Å²) in [7, 11) is 0. The number of hydrogen-bond donors (Lipinski definition) is 1. The minimum absolute atomic E-state index is 0.0450. The molecule has 3 aromatic carbocycles. The number of nitriles is 1. The number of rotatable bonds is 7. The molecular formula is C25H18BrClN2O4. The Bertz CT molecular complexity index is 1270. The summed E-state index contributed by atoms with van der Waals surface area (Å²) in [6, 6.07) is 20.2. The SMILES string of the molecule is N#C/C(=C\c1cc(Br)ccc1OCc1ccccc1Cl)C(=O)NCc1ccc2c(c1)OCO2. The fourth-order valence-corrected chi connectivity index (χ4v) is 3.74. The third-order valence-corrected chi connectivity index (χ3v) is 5.73. The van der Waals surface area contributed by atoms with Crippen LogP contribution in [-0.4, -0.2) is 12.7 Å². The molecule has 0 radical (unpaired) electrons. The van der Waals surface area contributed by atoms with Crippen LogP contribution in [-0.2, 0) is 17.9 Å². The lowest BCUT2D eigenvalue weighted by Gasteiger charge is -2.11. The van der Waals surface area contributed by atoms with Crippen LogP contribution < -0.4 is 19.5 Å². The zero-order chi connectivity index (χ0) is 23.2. The van der Waals surface area contributed by atoms with Gasteiger partial charge in [0, 0.05) is 27.2 Å². The molecule has 0 unspecified atom stereocenters. The Labute approximate surface area is 204 Å². The molecule has 4 rings (SSSR count). The van der Waals surface area contributed by atoms with Crippen molar-refractivity contribution in [2.24, 2.45) is 0 Å². The van der Waals surface area contributed by atoms with Gasteiger partial charge >= 0.3 is 0 Å². The number of halogens is 2. The highest BCUT2D eigenvalue weighted by Crippen LogP contribution is 2.32. The van der Waals surface area contributed by atoms with Crippen LogP contribution in [0.3, 0.4) is 0 Å². The maximum absolute atomic E-state index is 12.7. The summed E-state index contributed by atoms with van der Waals surface area (Å²) in [4.78, 5) is 12.7.